The number of phenolic OH excluding ortho intramolecular Hbond substituents is 1. The van der Waals surface area contributed by atoms with Crippen molar-refractivity contribution in [3.8, 4) is 11.4 Å². The fraction of sp³-hybridized carbons (Fsp3) is 0.217. The zero-order valence-corrected chi connectivity index (χ0v) is 18.5. The van der Waals surface area contributed by atoms with E-state index in [9.17, 15) is 9.90 Å². The summed E-state index contributed by atoms with van der Waals surface area (Å²) in [6, 6.07) is 16.7. The van der Waals surface area contributed by atoms with Crippen LogP contribution in [0.4, 0.5) is 5.69 Å². The highest BCUT2D eigenvalue weighted by molar-refractivity contribution is 7.20. The van der Waals surface area contributed by atoms with Crippen molar-refractivity contribution in [2.24, 2.45) is 0 Å². The Morgan fingerprint density at radius 3 is 2.48 bits per heavy atom. The zero-order valence-electron chi connectivity index (χ0n) is 17.0. The van der Waals surface area contributed by atoms with Crippen LogP contribution in [0.1, 0.15) is 15.4 Å². The number of piperazine rings is 1. The van der Waals surface area contributed by atoms with Crippen molar-refractivity contribution in [1.29, 1.82) is 0 Å². The van der Waals surface area contributed by atoms with E-state index in [1.165, 1.54) is 11.3 Å². The van der Waals surface area contributed by atoms with Crippen LogP contribution < -0.4 is 4.90 Å². The van der Waals surface area contributed by atoms with Crippen LogP contribution in [0, 0.1) is 6.92 Å². The van der Waals surface area contributed by atoms with E-state index >= 15 is 0 Å². The number of fused-ring (bicyclic) bond motifs is 1. The topological polar surface area (TPSA) is 61.6 Å². The molecule has 4 aromatic rings. The Morgan fingerprint density at radius 1 is 1.06 bits per heavy atom. The summed E-state index contributed by atoms with van der Waals surface area (Å²) in [6.07, 6.45) is 0. The Labute approximate surface area is 188 Å². The second-order valence-corrected chi connectivity index (χ2v) is 9.01. The summed E-state index contributed by atoms with van der Waals surface area (Å²) in [5, 5.41) is 15.7. The van der Waals surface area contributed by atoms with Gasteiger partial charge in [0, 0.05) is 37.3 Å². The fourth-order valence-corrected chi connectivity index (χ4v) is 5.29. The maximum absolute atomic E-state index is 13.2. The SMILES string of the molecule is Cc1nn(-c2ccccc2Cl)c2sc(C(=O)N3CCN(c4ccc(O)cc4)CC3)cc12. The molecular weight excluding hydrogens is 432 g/mol. The molecule has 0 atom stereocenters. The van der Waals surface area contributed by atoms with E-state index in [1.54, 1.807) is 12.1 Å². The lowest BCUT2D eigenvalue weighted by Crippen LogP contribution is -2.48. The van der Waals surface area contributed by atoms with Gasteiger partial charge in [-0.3, -0.25) is 4.79 Å². The highest BCUT2D eigenvalue weighted by Gasteiger charge is 2.25. The molecule has 3 heterocycles. The first-order valence-corrected chi connectivity index (χ1v) is 11.3. The van der Waals surface area contributed by atoms with E-state index in [2.05, 4.69) is 10.00 Å². The molecular formula is C23H21ClN4O2S. The lowest BCUT2D eigenvalue weighted by atomic mass is 10.2. The van der Waals surface area contributed by atoms with Crippen molar-refractivity contribution in [2.45, 2.75) is 6.92 Å². The number of carbonyl (C=O) groups is 1. The number of aromatic hydroxyl groups is 1. The highest BCUT2D eigenvalue weighted by Crippen LogP contribution is 2.33. The van der Waals surface area contributed by atoms with Crippen molar-refractivity contribution < 1.29 is 9.90 Å². The van der Waals surface area contributed by atoms with Gasteiger partial charge < -0.3 is 14.9 Å². The van der Waals surface area contributed by atoms with E-state index < -0.39 is 0 Å². The zero-order chi connectivity index (χ0) is 21.5. The summed E-state index contributed by atoms with van der Waals surface area (Å²) in [5.41, 5.74) is 2.75. The number of anilines is 1. The molecule has 0 aliphatic carbocycles. The van der Waals surface area contributed by atoms with Gasteiger partial charge in [0.1, 0.15) is 10.6 Å². The third kappa shape index (κ3) is 3.64. The van der Waals surface area contributed by atoms with Gasteiger partial charge in [-0.15, -0.1) is 11.3 Å². The monoisotopic (exact) mass is 452 g/mol. The number of aryl methyl sites for hydroxylation is 1. The number of carbonyl (C=O) groups excluding carboxylic acids is 1. The van der Waals surface area contributed by atoms with Crippen LogP contribution in [0.2, 0.25) is 5.02 Å². The van der Waals surface area contributed by atoms with Crippen LogP contribution in [-0.4, -0.2) is 51.9 Å². The third-order valence-electron chi connectivity index (χ3n) is 5.62. The molecule has 0 spiro atoms. The quantitative estimate of drug-likeness (QED) is 0.488. The number of aromatic nitrogens is 2. The summed E-state index contributed by atoms with van der Waals surface area (Å²) >= 11 is 7.84. The number of hydrogen-bond acceptors (Lipinski definition) is 5. The molecule has 2 aromatic heterocycles. The average Bonchev–Trinajstić information content (AvgIpc) is 3.35. The predicted octanol–water partition coefficient (Wildman–Crippen LogP) is 4.72. The Morgan fingerprint density at radius 2 is 1.77 bits per heavy atom. The predicted molar refractivity (Wildman–Crippen MR) is 125 cm³/mol. The first-order chi connectivity index (χ1) is 15.0. The molecule has 0 saturated carbocycles. The standard InChI is InChI=1S/C23H21ClN4O2S/c1-15-18-14-21(31-23(18)28(25-15)20-5-3-2-4-19(20)24)22(30)27-12-10-26(11-13-27)16-6-8-17(29)9-7-16/h2-9,14,29H,10-13H2,1H3. The van der Waals surface area contributed by atoms with E-state index in [1.807, 2.05) is 59.0 Å². The molecule has 0 unspecified atom stereocenters. The van der Waals surface area contributed by atoms with Gasteiger partial charge in [0.05, 0.1) is 21.3 Å². The fourth-order valence-electron chi connectivity index (χ4n) is 3.93. The molecule has 0 radical (unpaired) electrons. The van der Waals surface area contributed by atoms with Crippen molar-refractivity contribution in [3.63, 3.8) is 0 Å². The number of benzene rings is 2. The number of para-hydroxylation sites is 1. The highest BCUT2D eigenvalue weighted by atomic mass is 35.5. The molecule has 2 aromatic carbocycles. The Hall–Kier alpha value is -3.03. The number of halogens is 1. The Kier molecular flexibility index (Phi) is 5.08. The number of hydrogen-bond donors (Lipinski definition) is 1. The Bertz CT molecular complexity index is 1260. The molecule has 31 heavy (non-hydrogen) atoms. The number of nitrogens with zero attached hydrogens (tertiary/aromatic N) is 4. The molecule has 0 bridgehead atoms. The minimum absolute atomic E-state index is 0.0525. The summed E-state index contributed by atoms with van der Waals surface area (Å²) in [6.45, 7) is 4.78. The number of rotatable bonds is 3. The van der Waals surface area contributed by atoms with Gasteiger partial charge in [0.2, 0.25) is 0 Å². The molecule has 158 valence electrons. The third-order valence-corrected chi connectivity index (χ3v) is 7.04. The van der Waals surface area contributed by atoms with E-state index in [0.717, 1.165) is 45.3 Å². The number of amides is 1. The van der Waals surface area contributed by atoms with Crippen LogP contribution in [0.5, 0.6) is 5.75 Å². The minimum atomic E-state index is 0.0525. The van der Waals surface area contributed by atoms with E-state index in [-0.39, 0.29) is 11.7 Å². The maximum Gasteiger partial charge on any atom is 0.264 e. The normalized spacial score (nSPS) is 14.4. The molecule has 1 amide bonds. The molecule has 6 nitrogen and oxygen atoms in total. The first kappa shape index (κ1) is 19.9. The lowest BCUT2D eigenvalue weighted by Gasteiger charge is -2.36. The van der Waals surface area contributed by atoms with Gasteiger partial charge in [0.15, 0.2) is 0 Å². The number of phenols is 1. The second-order valence-electron chi connectivity index (χ2n) is 7.57. The van der Waals surface area contributed by atoms with Gasteiger partial charge >= 0.3 is 0 Å². The van der Waals surface area contributed by atoms with Crippen LogP contribution in [0.3, 0.4) is 0 Å². The van der Waals surface area contributed by atoms with Gasteiger partial charge in [-0.2, -0.15) is 5.10 Å². The average molecular weight is 453 g/mol. The van der Waals surface area contributed by atoms with Gasteiger partial charge in [-0.25, -0.2) is 4.68 Å². The van der Waals surface area contributed by atoms with Crippen molar-refractivity contribution in [1.82, 2.24) is 14.7 Å². The molecule has 5 rings (SSSR count). The number of thiophene rings is 1. The van der Waals surface area contributed by atoms with Crippen LogP contribution >= 0.6 is 22.9 Å². The van der Waals surface area contributed by atoms with Crippen LogP contribution in [-0.2, 0) is 0 Å². The molecule has 1 aliphatic rings. The van der Waals surface area contributed by atoms with E-state index in [0.29, 0.717) is 18.1 Å². The van der Waals surface area contributed by atoms with Gasteiger partial charge in [0.25, 0.3) is 5.91 Å². The molecule has 8 heteroatoms. The van der Waals surface area contributed by atoms with Crippen molar-refractivity contribution in [3.05, 3.63) is 70.2 Å². The van der Waals surface area contributed by atoms with E-state index in [4.69, 9.17) is 11.6 Å². The second kappa shape index (κ2) is 7.90. The summed E-state index contributed by atoms with van der Waals surface area (Å²) in [5.74, 6) is 0.310. The van der Waals surface area contributed by atoms with Crippen LogP contribution in [0.25, 0.3) is 15.9 Å². The maximum atomic E-state index is 13.2. The van der Waals surface area contributed by atoms with Crippen LogP contribution in [0.15, 0.2) is 54.6 Å². The van der Waals surface area contributed by atoms with Crippen molar-refractivity contribution in [2.75, 3.05) is 31.1 Å². The minimum Gasteiger partial charge on any atom is -0.508 e. The largest absolute Gasteiger partial charge is 0.508 e. The molecule has 1 saturated heterocycles. The summed E-state index contributed by atoms with van der Waals surface area (Å²) in [7, 11) is 0. The summed E-state index contributed by atoms with van der Waals surface area (Å²) < 4.78 is 1.83. The molecule has 1 N–H and O–H groups in total. The van der Waals surface area contributed by atoms with Gasteiger partial charge in [-0.1, -0.05) is 23.7 Å². The Balaban J connectivity index is 1.37. The first-order valence-electron chi connectivity index (χ1n) is 10.1. The van der Waals surface area contributed by atoms with Crippen molar-refractivity contribution >= 4 is 44.7 Å². The van der Waals surface area contributed by atoms with Gasteiger partial charge in [-0.05, 0) is 49.4 Å². The molecule has 1 fully saturated rings. The smallest absolute Gasteiger partial charge is 0.264 e. The summed E-state index contributed by atoms with van der Waals surface area (Å²) in [4.78, 5) is 19.0. The molecule has 1 aliphatic heterocycles. The lowest BCUT2D eigenvalue weighted by molar-refractivity contribution is 0.0751.